The van der Waals surface area contributed by atoms with Crippen LogP contribution in [0, 0.1) is 11.3 Å². The van der Waals surface area contributed by atoms with Crippen LogP contribution in [0.3, 0.4) is 0 Å². The summed E-state index contributed by atoms with van der Waals surface area (Å²) >= 11 is 0. The molecule has 1 aliphatic rings. The number of anilines is 1. The highest BCUT2D eigenvalue weighted by atomic mass is 16.5. The molecule has 1 atom stereocenters. The van der Waals surface area contributed by atoms with Crippen LogP contribution in [0.1, 0.15) is 19.7 Å². The minimum atomic E-state index is -0.285. The van der Waals surface area contributed by atoms with Crippen molar-refractivity contribution in [2.24, 2.45) is 0 Å². The molecule has 3 aromatic rings. The van der Waals surface area contributed by atoms with E-state index in [9.17, 15) is 10.4 Å². The van der Waals surface area contributed by atoms with E-state index in [1.54, 1.807) is 0 Å². The van der Waals surface area contributed by atoms with E-state index in [2.05, 4.69) is 31.9 Å². The zero-order valence-electron chi connectivity index (χ0n) is 17.9. The smallest absolute Gasteiger partial charge is 0.152 e. The molecule has 0 aliphatic carbocycles. The predicted molar refractivity (Wildman–Crippen MR) is 122 cm³/mol. The lowest BCUT2D eigenvalue weighted by Crippen LogP contribution is -2.50. The Labute approximate surface area is 182 Å². The Morgan fingerprint density at radius 1 is 1.16 bits per heavy atom. The van der Waals surface area contributed by atoms with Crippen LogP contribution in [0.4, 0.5) is 5.69 Å². The molecule has 0 radical (unpaired) electrons. The fourth-order valence-corrected chi connectivity index (χ4v) is 4.03. The first-order chi connectivity index (χ1) is 15.1. The van der Waals surface area contributed by atoms with Gasteiger partial charge in [-0.05, 0) is 38.1 Å². The molecule has 2 N–H and O–H groups in total. The molecule has 1 saturated heterocycles. The second kappa shape index (κ2) is 9.11. The zero-order valence-corrected chi connectivity index (χ0v) is 17.9. The van der Waals surface area contributed by atoms with E-state index in [1.165, 1.54) is 0 Å². The number of H-pyrrole nitrogens is 1. The van der Waals surface area contributed by atoms with Crippen LogP contribution in [0.15, 0.2) is 54.3 Å². The summed E-state index contributed by atoms with van der Waals surface area (Å²) in [6.45, 7) is 7.71. The van der Waals surface area contributed by atoms with Crippen LogP contribution in [-0.2, 0) is 0 Å². The number of aliphatic hydroxyl groups excluding tert-OH is 1. The number of aliphatic hydroxyl groups is 1. The number of fused-ring (bicyclic) bond motifs is 1. The lowest BCUT2D eigenvalue weighted by Gasteiger charge is -2.39. The van der Waals surface area contributed by atoms with E-state index in [4.69, 9.17) is 4.74 Å². The maximum absolute atomic E-state index is 10.9. The molecule has 4 rings (SSSR count). The number of aromatic nitrogens is 2. The molecule has 2 heterocycles. The van der Waals surface area contributed by atoms with Gasteiger partial charge in [0.25, 0.3) is 0 Å². The van der Waals surface area contributed by atoms with Gasteiger partial charge in [-0.3, -0.25) is 4.90 Å². The molecule has 0 spiro atoms. The van der Waals surface area contributed by atoms with Crippen molar-refractivity contribution in [2.75, 3.05) is 37.7 Å². The maximum Gasteiger partial charge on any atom is 0.152 e. The summed E-state index contributed by atoms with van der Waals surface area (Å²) in [6, 6.07) is 17.5. The van der Waals surface area contributed by atoms with E-state index < -0.39 is 0 Å². The van der Waals surface area contributed by atoms with Gasteiger partial charge in [-0.2, -0.15) is 5.26 Å². The third kappa shape index (κ3) is 4.21. The van der Waals surface area contributed by atoms with Crippen molar-refractivity contribution in [1.82, 2.24) is 14.9 Å². The number of nitrogens with zero attached hydrogens (tertiary/aromatic N) is 4. The van der Waals surface area contributed by atoms with Crippen LogP contribution >= 0.6 is 0 Å². The number of nitriles is 1. The molecule has 2 aromatic carbocycles. The number of aromatic amines is 1. The van der Waals surface area contributed by atoms with Gasteiger partial charge in [0.05, 0.1) is 29.4 Å². The summed E-state index contributed by atoms with van der Waals surface area (Å²) in [4.78, 5) is 12.1. The van der Waals surface area contributed by atoms with Crippen LogP contribution in [-0.4, -0.2) is 58.8 Å². The molecule has 160 valence electrons. The number of hydrogen-bond donors (Lipinski definition) is 2. The van der Waals surface area contributed by atoms with E-state index in [-0.39, 0.29) is 17.4 Å². The Morgan fingerprint density at radius 3 is 2.58 bits per heavy atom. The Balaban J connectivity index is 1.50. The second-order valence-corrected chi connectivity index (χ2v) is 7.57. The maximum atomic E-state index is 10.9. The number of rotatable bonds is 6. The second-order valence-electron chi connectivity index (χ2n) is 7.57. The Hall–Kier alpha value is -3.50. The van der Waals surface area contributed by atoms with E-state index in [0.29, 0.717) is 12.4 Å². The molecule has 31 heavy (non-hydrogen) atoms. The number of nitrogens with one attached hydrogen (secondary N) is 1. The summed E-state index contributed by atoms with van der Waals surface area (Å²) in [6.07, 6.45) is 0. The number of benzene rings is 2. The van der Waals surface area contributed by atoms with Crippen LogP contribution in [0.5, 0.6) is 5.75 Å². The van der Waals surface area contributed by atoms with Crippen LogP contribution in [0.2, 0.25) is 0 Å². The molecule has 0 bridgehead atoms. The van der Waals surface area contributed by atoms with Crippen LogP contribution in [0.25, 0.3) is 16.6 Å². The van der Waals surface area contributed by atoms with Crippen molar-refractivity contribution in [3.05, 3.63) is 60.1 Å². The summed E-state index contributed by atoms with van der Waals surface area (Å²) in [5, 5.41) is 20.7. The number of hydrogen-bond acceptors (Lipinski definition) is 6. The Kier molecular flexibility index (Phi) is 6.10. The summed E-state index contributed by atoms with van der Waals surface area (Å²) in [5.74, 6) is 1.34. The first-order valence-corrected chi connectivity index (χ1v) is 10.6. The van der Waals surface area contributed by atoms with Crippen LogP contribution < -0.4 is 9.64 Å². The van der Waals surface area contributed by atoms with Gasteiger partial charge in [0.2, 0.25) is 0 Å². The van der Waals surface area contributed by atoms with Crippen molar-refractivity contribution in [3.8, 4) is 11.8 Å². The molecule has 0 saturated carbocycles. The van der Waals surface area contributed by atoms with E-state index >= 15 is 0 Å². The summed E-state index contributed by atoms with van der Waals surface area (Å²) in [7, 11) is 0. The lowest BCUT2D eigenvalue weighted by molar-refractivity contribution is 0.178. The number of ether oxygens (including phenoxy) is 1. The van der Waals surface area contributed by atoms with Gasteiger partial charge >= 0.3 is 0 Å². The SMILES string of the molecule is CCOc1ccccc1N1CCN([C@H](C)/C(O)=C(\C#N)c2nc3ccccc3[nH]2)CC1. The quantitative estimate of drug-likeness (QED) is 0.466. The van der Waals surface area contributed by atoms with Gasteiger partial charge in [-0.15, -0.1) is 0 Å². The van der Waals surface area contributed by atoms with E-state index in [0.717, 1.165) is 48.6 Å². The van der Waals surface area contributed by atoms with Crippen molar-refractivity contribution in [3.63, 3.8) is 0 Å². The fraction of sp³-hybridized carbons (Fsp3) is 0.333. The number of imidazole rings is 1. The molecule has 0 amide bonds. The predicted octanol–water partition coefficient (Wildman–Crippen LogP) is 3.96. The first kappa shape index (κ1) is 20.8. The minimum Gasteiger partial charge on any atom is -0.509 e. The number of para-hydroxylation sites is 4. The Morgan fingerprint density at radius 2 is 1.87 bits per heavy atom. The molecular formula is C24H27N5O2. The van der Waals surface area contributed by atoms with E-state index in [1.807, 2.05) is 56.3 Å². The molecule has 7 heteroatoms. The highest BCUT2D eigenvalue weighted by molar-refractivity contribution is 5.83. The normalized spacial score (nSPS) is 16.6. The van der Waals surface area contributed by atoms with Crippen molar-refractivity contribution >= 4 is 22.3 Å². The van der Waals surface area contributed by atoms with Crippen molar-refractivity contribution in [1.29, 1.82) is 5.26 Å². The van der Waals surface area contributed by atoms with Gasteiger partial charge in [0.1, 0.15) is 23.2 Å². The monoisotopic (exact) mass is 417 g/mol. The highest BCUT2D eigenvalue weighted by Crippen LogP contribution is 2.30. The number of piperazine rings is 1. The molecular weight excluding hydrogens is 390 g/mol. The highest BCUT2D eigenvalue weighted by Gasteiger charge is 2.27. The average Bonchev–Trinajstić information content (AvgIpc) is 3.23. The van der Waals surface area contributed by atoms with Crippen molar-refractivity contribution < 1.29 is 9.84 Å². The molecule has 1 aromatic heterocycles. The summed E-state index contributed by atoms with van der Waals surface area (Å²) < 4.78 is 5.77. The molecule has 7 nitrogen and oxygen atoms in total. The summed E-state index contributed by atoms with van der Waals surface area (Å²) in [5.41, 5.74) is 2.89. The minimum absolute atomic E-state index is 0.0460. The van der Waals surface area contributed by atoms with Gasteiger partial charge in [-0.25, -0.2) is 4.98 Å². The number of allylic oxidation sites excluding steroid dienone is 1. The van der Waals surface area contributed by atoms with Crippen molar-refractivity contribution in [2.45, 2.75) is 19.9 Å². The Bertz CT molecular complexity index is 1090. The topological polar surface area (TPSA) is 88.4 Å². The largest absolute Gasteiger partial charge is 0.509 e. The molecule has 1 fully saturated rings. The molecule has 0 unspecified atom stereocenters. The average molecular weight is 418 g/mol. The first-order valence-electron chi connectivity index (χ1n) is 10.6. The van der Waals surface area contributed by atoms with Gasteiger partial charge in [0, 0.05) is 26.2 Å². The lowest BCUT2D eigenvalue weighted by atomic mass is 10.1. The fourth-order valence-electron chi connectivity index (χ4n) is 4.03. The van der Waals surface area contributed by atoms with Gasteiger partial charge in [0.15, 0.2) is 5.82 Å². The third-order valence-corrected chi connectivity index (χ3v) is 5.76. The van der Waals surface area contributed by atoms with Gasteiger partial charge in [-0.1, -0.05) is 24.3 Å². The standard InChI is InChI=1S/C24H27N5O2/c1-3-31-22-11-7-6-10-21(22)29-14-12-28(13-15-29)17(2)23(30)18(16-25)24-26-19-8-4-5-9-20(19)27-24/h4-11,17,30H,3,12-15H2,1-2H3,(H,26,27)/b23-18-/t17-/m1/s1. The van der Waals surface area contributed by atoms with Gasteiger partial charge < -0.3 is 19.7 Å². The third-order valence-electron chi connectivity index (χ3n) is 5.76. The molecule has 1 aliphatic heterocycles. The zero-order chi connectivity index (χ0) is 21.8.